The maximum Gasteiger partial charge on any atom is 0.244 e. The average Bonchev–Trinajstić information content (AvgIpc) is 2.30. The van der Waals surface area contributed by atoms with Crippen molar-refractivity contribution in [2.45, 2.75) is 13.0 Å². The summed E-state index contributed by atoms with van der Waals surface area (Å²) in [5, 5.41) is 11.3. The Morgan fingerprint density at radius 2 is 2.35 bits per heavy atom. The number of carbonyl (C=O) groups excluding carboxylic acids is 1. The van der Waals surface area contributed by atoms with Gasteiger partial charge in [0.1, 0.15) is 5.82 Å². The van der Waals surface area contributed by atoms with Crippen LogP contribution in [0.4, 0.5) is 4.39 Å². The van der Waals surface area contributed by atoms with Gasteiger partial charge in [-0.2, -0.15) is 0 Å². The number of nitrogens with one attached hydrogen (secondary N) is 1. The second-order valence-corrected chi connectivity index (χ2v) is 4.01. The summed E-state index contributed by atoms with van der Waals surface area (Å²) in [6.07, 6.45) is 2.82. The van der Waals surface area contributed by atoms with Crippen LogP contribution in [0.5, 0.6) is 0 Å². The quantitative estimate of drug-likeness (QED) is 0.811. The molecule has 17 heavy (non-hydrogen) atoms. The summed E-state index contributed by atoms with van der Waals surface area (Å²) in [5.74, 6) is -0.825. The molecule has 0 unspecified atom stereocenters. The number of aliphatic hydroxyl groups excluding tert-OH is 1. The Morgan fingerprint density at radius 1 is 1.65 bits per heavy atom. The summed E-state index contributed by atoms with van der Waals surface area (Å²) in [6, 6.07) is 3.87. The zero-order valence-corrected chi connectivity index (χ0v) is 10.0. The molecule has 0 fully saturated rings. The fourth-order valence-electron chi connectivity index (χ4n) is 1.12. The van der Waals surface area contributed by atoms with Gasteiger partial charge < -0.3 is 10.4 Å². The molecular formula is C12H13ClFNO2. The average molecular weight is 258 g/mol. The van der Waals surface area contributed by atoms with Gasteiger partial charge in [0, 0.05) is 12.1 Å². The smallest absolute Gasteiger partial charge is 0.244 e. The van der Waals surface area contributed by atoms with Gasteiger partial charge in [-0.25, -0.2) is 4.39 Å². The highest BCUT2D eigenvalue weighted by Gasteiger charge is 2.02. The summed E-state index contributed by atoms with van der Waals surface area (Å²) in [6.45, 7) is 1.56. The molecule has 0 saturated heterocycles. The van der Waals surface area contributed by atoms with Gasteiger partial charge in [-0.3, -0.25) is 4.79 Å². The predicted octanol–water partition coefficient (Wildman–Crippen LogP) is 1.99. The molecule has 2 N–H and O–H groups in total. The fourth-order valence-corrected chi connectivity index (χ4v) is 1.31. The molecule has 0 spiro atoms. The Hall–Kier alpha value is -1.39. The van der Waals surface area contributed by atoms with Crippen LogP contribution in [0.15, 0.2) is 24.3 Å². The van der Waals surface area contributed by atoms with Crippen LogP contribution in [-0.2, 0) is 4.79 Å². The van der Waals surface area contributed by atoms with Gasteiger partial charge in [0.15, 0.2) is 0 Å². The molecule has 1 rings (SSSR count). The van der Waals surface area contributed by atoms with Crippen molar-refractivity contribution in [3.05, 3.63) is 40.7 Å². The van der Waals surface area contributed by atoms with E-state index in [9.17, 15) is 9.18 Å². The molecule has 1 amide bonds. The van der Waals surface area contributed by atoms with Crippen molar-refractivity contribution in [1.29, 1.82) is 0 Å². The van der Waals surface area contributed by atoms with E-state index in [4.69, 9.17) is 16.7 Å². The van der Waals surface area contributed by atoms with Crippen LogP contribution < -0.4 is 5.32 Å². The molecule has 1 aromatic rings. The predicted molar refractivity (Wildman–Crippen MR) is 65.1 cm³/mol. The van der Waals surface area contributed by atoms with Gasteiger partial charge in [-0.05, 0) is 30.7 Å². The minimum Gasteiger partial charge on any atom is -0.394 e. The number of amides is 1. The third-order valence-electron chi connectivity index (χ3n) is 2.03. The van der Waals surface area contributed by atoms with Crippen molar-refractivity contribution in [2.75, 3.05) is 6.61 Å². The van der Waals surface area contributed by atoms with E-state index in [1.165, 1.54) is 30.4 Å². The minimum absolute atomic E-state index is 0.0104. The van der Waals surface area contributed by atoms with E-state index in [1.807, 2.05) is 0 Å². The van der Waals surface area contributed by atoms with Crippen molar-refractivity contribution in [3.63, 3.8) is 0 Å². The first-order valence-electron chi connectivity index (χ1n) is 5.07. The molecule has 0 radical (unpaired) electrons. The lowest BCUT2D eigenvalue weighted by Crippen LogP contribution is -2.33. The van der Waals surface area contributed by atoms with Crippen LogP contribution in [0.3, 0.4) is 0 Å². The van der Waals surface area contributed by atoms with Gasteiger partial charge in [0.2, 0.25) is 5.91 Å². The Kier molecular flexibility index (Phi) is 5.12. The third kappa shape index (κ3) is 4.54. The molecule has 0 saturated carbocycles. The highest BCUT2D eigenvalue weighted by Crippen LogP contribution is 2.16. The van der Waals surface area contributed by atoms with Crippen LogP contribution in [-0.4, -0.2) is 23.7 Å². The van der Waals surface area contributed by atoms with Crippen LogP contribution in [0.25, 0.3) is 6.08 Å². The normalized spacial score (nSPS) is 12.7. The van der Waals surface area contributed by atoms with E-state index >= 15 is 0 Å². The Bertz CT molecular complexity index is 435. The first kappa shape index (κ1) is 13.7. The number of halogens is 2. The number of rotatable bonds is 4. The zero-order valence-electron chi connectivity index (χ0n) is 9.28. The molecular weight excluding hydrogens is 245 g/mol. The van der Waals surface area contributed by atoms with Crippen molar-refractivity contribution in [2.24, 2.45) is 0 Å². The van der Waals surface area contributed by atoms with E-state index < -0.39 is 5.82 Å². The minimum atomic E-state index is -0.498. The van der Waals surface area contributed by atoms with Crippen molar-refractivity contribution < 1.29 is 14.3 Å². The van der Waals surface area contributed by atoms with Crippen LogP contribution >= 0.6 is 11.6 Å². The number of aliphatic hydroxyl groups is 1. The molecule has 0 aliphatic carbocycles. The molecule has 92 valence electrons. The fraction of sp³-hybridized carbons (Fsp3) is 0.250. The molecule has 1 aromatic carbocycles. The molecule has 5 heteroatoms. The lowest BCUT2D eigenvalue weighted by Gasteiger charge is -2.07. The molecule has 1 atom stereocenters. The Morgan fingerprint density at radius 3 is 2.94 bits per heavy atom. The summed E-state index contributed by atoms with van der Waals surface area (Å²) < 4.78 is 12.9. The van der Waals surface area contributed by atoms with Gasteiger partial charge in [-0.1, -0.05) is 17.7 Å². The largest absolute Gasteiger partial charge is 0.394 e. The van der Waals surface area contributed by atoms with E-state index in [2.05, 4.69) is 5.32 Å². The van der Waals surface area contributed by atoms with E-state index in [0.717, 1.165) is 0 Å². The van der Waals surface area contributed by atoms with E-state index in [1.54, 1.807) is 6.92 Å². The van der Waals surface area contributed by atoms with Gasteiger partial charge in [0.05, 0.1) is 11.6 Å². The maximum absolute atomic E-state index is 12.9. The maximum atomic E-state index is 12.9. The highest BCUT2D eigenvalue weighted by atomic mass is 35.5. The monoisotopic (exact) mass is 257 g/mol. The second-order valence-electron chi connectivity index (χ2n) is 3.60. The van der Waals surface area contributed by atoms with Gasteiger partial charge in [0.25, 0.3) is 0 Å². The first-order valence-corrected chi connectivity index (χ1v) is 5.45. The van der Waals surface area contributed by atoms with Crippen LogP contribution in [0.2, 0.25) is 5.02 Å². The highest BCUT2D eigenvalue weighted by molar-refractivity contribution is 6.30. The lowest BCUT2D eigenvalue weighted by molar-refractivity contribution is -0.117. The third-order valence-corrected chi connectivity index (χ3v) is 2.32. The SMILES string of the molecule is C[C@@H](CO)NC(=O)/C=C/c1ccc(F)c(Cl)c1. The molecule has 0 bridgehead atoms. The summed E-state index contributed by atoms with van der Waals surface area (Å²) in [5.41, 5.74) is 0.628. The van der Waals surface area contributed by atoms with Gasteiger partial charge in [-0.15, -0.1) is 0 Å². The van der Waals surface area contributed by atoms with Crippen molar-refractivity contribution in [1.82, 2.24) is 5.32 Å². The summed E-state index contributed by atoms with van der Waals surface area (Å²) >= 11 is 5.59. The van der Waals surface area contributed by atoms with E-state index in [-0.39, 0.29) is 23.6 Å². The standard InChI is InChI=1S/C12H13ClFNO2/c1-8(7-16)15-12(17)5-3-9-2-4-11(14)10(13)6-9/h2-6,8,16H,7H2,1H3,(H,15,17)/b5-3+/t8-/m0/s1. The Labute approximate surface area is 104 Å². The Balaban J connectivity index is 2.64. The number of benzene rings is 1. The van der Waals surface area contributed by atoms with Crippen LogP contribution in [0.1, 0.15) is 12.5 Å². The number of carbonyl (C=O) groups is 1. The first-order chi connectivity index (χ1) is 8.02. The molecule has 0 aliphatic rings. The van der Waals surface area contributed by atoms with Crippen molar-refractivity contribution >= 4 is 23.6 Å². The van der Waals surface area contributed by atoms with Crippen LogP contribution in [0, 0.1) is 5.82 Å². The lowest BCUT2D eigenvalue weighted by atomic mass is 10.2. The second kappa shape index (κ2) is 6.37. The zero-order chi connectivity index (χ0) is 12.8. The molecule has 3 nitrogen and oxygen atoms in total. The summed E-state index contributed by atoms with van der Waals surface area (Å²) in [4.78, 5) is 11.3. The topological polar surface area (TPSA) is 49.3 Å². The molecule has 0 heterocycles. The molecule has 0 aromatic heterocycles. The summed E-state index contributed by atoms with van der Waals surface area (Å²) in [7, 11) is 0. The number of hydrogen-bond donors (Lipinski definition) is 2. The van der Waals surface area contributed by atoms with Crippen molar-refractivity contribution in [3.8, 4) is 0 Å². The number of hydrogen-bond acceptors (Lipinski definition) is 2. The van der Waals surface area contributed by atoms with Gasteiger partial charge >= 0.3 is 0 Å². The van der Waals surface area contributed by atoms with E-state index in [0.29, 0.717) is 5.56 Å². The molecule has 0 aliphatic heterocycles.